The number of hydrogen-bond acceptors (Lipinski definition) is 7. The highest BCUT2D eigenvalue weighted by Crippen LogP contribution is 2.34. The first kappa shape index (κ1) is 17.8. The SMILES string of the molecule is Cc1c(C(=O)N(C)Cc2ccncc2)sc2ncnc(NCC3CCO3)c12. The van der Waals surface area contributed by atoms with E-state index in [2.05, 4.69) is 20.3 Å². The monoisotopic (exact) mass is 383 g/mol. The molecular weight excluding hydrogens is 362 g/mol. The molecule has 1 N–H and O–H groups in total. The molecule has 0 aliphatic carbocycles. The summed E-state index contributed by atoms with van der Waals surface area (Å²) in [7, 11) is 1.81. The van der Waals surface area contributed by atoms with Crippen molar-refractivity contribution in [2.75, 3.05) is 25.5 Å². The summed E-state index contributed by atoms with van der Waals surface area (Å²) in [4.78, 5) is 29.0. The van der Waals surface area contributed by atoms with E-state index < -0.39 is 0 Å². The third-order valence-electron chi connectivity index (χ3n) is 4.73. The molecule has 1 atom stereocenters. The Kier molecular flexibility index (Phi) is 5.00. The van der Waals surface area contributed by atoms with Gasteiger partial charge in [0.05, 0.1) is 16.4 Å². The standard InChI is InChI=1S/C19H21N5O2S/c1-12-15-17(21-9-14-5-8-26-14)22-11-23-18(15)27-16(12)19(25)24(2)10-13-3-6-20-7-4-13/h3-4,6-7,11,14H,5,8-10H2,1-2H3,(H,21,22,23). The number of carbonyl (C=O) groups excluding carboxylic acids is 1. The van der Waals surface area contributed by atoms with Gasteiger partial charge in [-0.15, -0.1) is 11.3 Å². The Bertz CT molecular complexity index is 955. The van der Waals surface area contributed by atoms with Gasteiger partial charge in [0.15, 0.2) is 0 Å². The highest BCUT2D eigenvalue weighted by molar-refractivity contribution is 7.20. The van der Waals surface area contributed by atoms with E-state index in [9.17, 15) is 4.79 Å². The van der Waals surface area contributed by atoms with Gasteiger partial charge in [-0.3, -0.25) is 9.78 Å². The smallest absolute Gasteiger partial charge is 0.264 e. The molecule has 1 amide bonds. The lowest BCUT2D eigenvalue weighted by molar-refractivity contribution is -0.0410. The molecule has 1 aliphatic rings. The lowest BCUT2D eigenvalue weighted by Gasteiger charge is -2.26. The molecule has 1 saturated heterocycles. The molecular formula is C19H21N5O2S. The van der Waals surface area contributed by atoms with Crippen molar-refractivity contribution in [2.45, 2.75) is 26.0 Å². The maximum atomic E-state index is 13.0. The van der Waals surface area contributed by atoms with Gasteiger partial charge in [-0.25, -0.2) is 9.97 Å². The lowest BCUT2D eigenvalue weighted by atomic mass is 10.1. The molecule has 1 fully saturated rings. The summed E-state index contributed by atoms with van der Waals surface area (Å²) in [5.41, 5.74) is 1.96. The van der Waals surface area contributed by atoms with E-state index in [1.807, 2.05) is 26.1 Å². The minimum atomic E-state index is -0.0133. The fraction of sp³-hybridized carbons (Fsp3) is 0.368. The highest BCUT2D eigenvalue weighted by atomic mass is 32.1. The number of amides is 1. The van der Waals surface area contributed by atoms with Gasteiger partial charge in [-0.1, -0.05) is 0 Å². The number of aryl methyl sites for hydroxylation is 1. The summed E-state index contributed by atoms with van der Waals surface area (Å²) in [6, 6.07) is 3.83. The molecule has 8 heteroatoms. The summed E-state index contributed by atoms with van der Waals surface area (Å²) < 4.78 is 5.46. The number of aromatic nitrogens is 3. The summed E-state index contributed by atoms with van der Waals surface area (Å²) in [6.45, 7) is 4.03. The molecule has 0 aromatic carbocycles. The normalized spacial score (nSPS) is 16.1. The molecule has 1 unspecified atom stereocenters. The van der Waals surface area contributed by atoms with E-state index in [0.29, 0.717) is 18.0 Å². The van der Waals surface area contributed by atoms with Gasteiger partial charge in [-0.2, -0.15) is 0 Å². The van der Waals surface area contributed by atoms with Gasteiger partial charge >= 0.3 is 0 Å². The zero-order valence-corrected chi connectivity index (χ0v) is 16.1. The van der Waals surface area contributed by atoms with E-state index in [4.69, 9.17) is 4.74 Å². The van der Waals surface area contributed by atoms with Crippen LogP contribution >= 0.6 is 11.3 Å². The van der Waals surface area contributed by atoms with Crippen LogP contribution in [0.25, 0.3) is 10.2 Å². The molecule has 0 radical (unpaired) electrons. The van der Waals surface area contributed by atoms with Crippen LogP contribution in [0.15, 0.2) is 30.9 Å². The largest absolute Gasteiger partial charge is 0.376 e. The van der Waals surface area contributed by atoms with Crippen LogP contribution in [0, 0.1) is 6.92 Å². The van der Waals surface area contributed by atoms with Crippen molar-refractivity contribution in [1.29, 1.82) is 0 Å². The third-order valence-corrected chi connectivity index (χ3v) is 5.92. The summed E-state index contributed by atoms with van der Waals surface area (Å²) in [5, 5.41) is 4.27. The van der Waals surface area contributed by atoms with Crippen molar-refractivity contribution in [3.05, 3.63) is 46.9 Å². The fourth-order valence-electron chi connectivity index (χ4n) is 3.07. The van der Waals surface area contributed by atoms with Gasteiger partial charge in [0.1, 0.15) is 17.0 Å². The Morgan fingerprint density at radius 3 is 2.85 bits per heavy atom. The van der Waals surface area contributed by atoms with Gasteiger partial charge in [0, 0.05) is 39.1 Å². The Morgan fingerprint density at radius 1 is 1.37 bits per heavy atom. The molecule has 0 spiro atoms. The van der Waals surface area contributed by atoms with Crippen LogP contribution in [-0.2, 0) is 11.3 Å². The number of rotatable bonds is 6. The molecule has 4 heterocycles. The number of nitrogens with zero attached hydrogens (tertiary/aromatic N) is 4. The minimum Gasteiger partial charge on any atom is -0.376 e. The van der Waals surface area contributed by atoms with E-state index in [-0.39, 0.29) is 12.0 Å². The van der Waals surface area contributed by atoms with E-state index in [1.165, 1.54) is 17.7 Å². The van der Waals surface area contributed by atoms with Crippen LogP contribution in [0.5, 0.6) is 0 Å². The predicted molar refractivity (Wildman–Crippen MR) is 105 cm³/mol. The van der Waals surface area contributed by atoms with E-state index in [0.717, 1.165) is 40.2 Å². The topological polar surface area (TPSA) is 80.2 Å². The van der Waals surface area contributed by atoms with Crippen LogP contribution in [0.2, 0.25) is 0 Å². The second-order valence-electron chi connectivity index (χ2n) is 6.64. The zero-order chi connectivity index (χ0) is 18.8. The second-order valence-corrected chi connectivity index (χ2v) is 7.64. The van der Waals surface area contributed by atoms with Crippen LogP contribution in [0.3, 0.4) is 0 Å². The first-order valence-corrected chi connectivity index (χ1v) is 9.69. The Balaban J connectivity index is 1.57. The molecule has 3 aromatic rings. The minimum absolute atomic E-state index is 0.0133. The van der Waals surface area contributed by atoms with Crippen molar-refractivity contribution in [3.8, 4) is 0 Å². The van der Waals surface area contributed by atoms with E-state index >= 15 is 0 Å². The lowest BCUT2D eigenvalue weighted by Crippen LogP contribution is -2.33. The Hall–Kier alpha value is -2.58. The maximum Gasteiger partial charge on any atom is 0.264 e. The molecule has 27 heavy (non-hydrogen) atoms. The fourth-order valence-corrected chi connectivity index (χ4v) is 4.22. The van der Waals surface area contributed by atoms with Gasteiger partial charge in [-0.05, 0) is 36.6 Å². The van der Waals surface area contributed by atoms with Crippen LogP contribution < -0.4 is 5.32 Å². The first-order valence-electron chi connectivity index (χ1n) is 8.87. The number of fused-ring (bicyclic) bond motifs is 1. The van der Waals surface area contributed by atoms with Gasteiger partial charge in [0.2, 0.25) is 0 Å². The molecule has 4 rings (SSSR count). The number of hydrogen-bond donors (Lipinski definition) is 1. The van der Waals surface area contributed by atoms with Crippen molar-refractivity contribution in [3.63, 3.8) is 0 Å². The molecule has 7 nitrogen and oxygen atoms in total. The number of anilines is 1. The number of thiophene rings is 1. The zero-order valence-electron chi connectivity index (χ0n) is 15.3. The molecule has 0 saturated carbocycles. The first-order chi connectivity index (χ1) is 13.1. The van der Waals surface area contributed by atoms with Crippen molar-refractivity contribution >= 4 is 33.3 Å². The molecule has 0 bridgehead atoms. The molecule has 140 valence electrons. The summed E-state index contributed by atoms with van der Waals surface area (Å²) in [5.74, 6) is 0.751. The Labute approximate surface area is 161 Å². The predicted octanol–water partition coefficient (Wildman–Crippen LogP) is 2.87. The molecule has 1 aliphatic heterocycles. The van der Waals surface area contributed by atoms with Crippen molar-refractivity contribution in [2.24, 2.45) is 0 Å². The van der Waals surface area contributed by atoms with Crippen molar-refractivity contribution in [1.82, 2.24) is 19.9 Å². The second kappa shape index (κ2) is 7.58. The van der Waals surface area contributed by atoms with Crippen LogP contribution in [0.4, 0.5) is 5.82 Å². The third kappa shape index (κ3) is 3.63. The number of nitrogens with one attached hydrogen (secondary N) is 1. The highest BCUT2D eigenvalue weighted by Gasteiger charge is 2.23. The number of pyridine rings is 1. The van der Waals surface area contributed by atoms with E-state index in [1.54, 1.807) is 17.3 Å². The quantitative estimate of drug-likeness (QED) is 0.705. The van der Waals surface area contributed by atoms with Crippen LogP contribution in [0.1, 0.15) is 27.2 Å². The Morgan fingerprint density at radius 2 is 2.15 bits per heavy atom. The average molecular weight is 383 g/mol. The molecule has 3 aromatic heterocycles. The summed E-state index contributed by atoms with van der Waals surface area (Å²) >= 11 is 1.41. The van der Waals surface area contributed by atoms with Crippen molar-refractivity contribution < 1.29 is 9.53 Å². The number of ether oxygens (including phenoxy) is 1. The van der Waals surface area contributed by atoms with Crippen LogP contribution in [-0.4, -0.2) is 52.1 Å². The summed E-state index contributed by atoms with van der Waals surface area (Å²) in [6.07, 6.45) is 6.31. The van der Waals surface area contributed by atoms with Gasteiger partial charge in [0.25, 0.3) is 5.91 Å². The number of carbonyl (C=O) groups is 1. The maximum absolute atomic E-state index is 13.0. The average Bonchev–Trinajstić information content (AvgIpc) is 2.98. The van der Waals surface area contributed by atoms with Gasteiger partial charge < -0.3 is 15.0 Å².